The van der Waals surface area contributed by atoms with E-state index in [1.807, 2.05) is 0 Å². The van der Waals surface area contributed by atoms with Gasteiger partial charge in [-0.3, -0.25) is 0 Å². The minimum atomic E-state index is -4.94. The van der Waals surface area contributed by atoms with E-state index in [-0.39, 0.29) is 18.2 Å². The maximum absolute atomic E-state index is 13.5. The van der Waals surface area contributed by atoms with Gasteiger partial charge in [0.2, 0.25) is 10.0 Å². The number of halogens is 6. The number of rotatable bonds is 9. The van der Waals surface area contributed by atoms with Crippen LogP contribution in [0.25, 0.3) is 0 Å². The molecule has 0 aliphatic heterocycles. The highest BCUT2D eigenvalue weighted by Crippen LogP contribution is 2.34. The molecular weight excluding hydrogens is 520 g/mol. The number of sulfonamides is 1. The zero-order chi connectivity index (χ0) is 26.7. The summed E-state index contributed by atoms with van der Waals surface area (Å²) < 4.78 is 113. The third-order valence-electron chi connectivity index (χ3n) is 4.73. The van der Waals surface area contributed by atoms with Crippen LogP contribution in [0.15, 0.2) is 41.8 Å². The molecule has 0 aliphatic carbocycles. The van der Waals surface area contributed by atoms with Gasteiger partial charge in [-0.05, 0) is 31.2 Å². The van der Waals surface area contributed by atoms with E-state index < -0.39 is 45.4 Å². The van der Waals surface area contributed by atoms with Gasteiger partial charge in [-0.1, -0.05) is 0 Å². The van der Waals surface area contributed by atoms with Crippen LogP contribution in [-0.2, 0) is 22.7 Å². The molecule has 196 valence electrons. The maximum Gasteiger partial charge on any atom is 0.416 e. The van der Waals surface area contributed by atoms with Crippen molar-refractivity contribution >= 4 is 15.7 Å². The van der Waals surface area contributed by atoms with Crippen LogP contribution < -0.4 is 14.8 Å². The topological polar surface area (TPSA) is 124 Å². The average molecular weight is 539 g/mol. The van der Waals surface area contributed by atoms with E-state index >= 15 is 0 Å². The molecule has 0 saturated carbocycles. The molecule has 1 atom stereocenters. The number of benzene rings is 1. The smallest absolute Gasteiger partial charge is 0.416 e. The van der Waals surface area contributed by atoms with Gasteiger partial charge < -0.3 is 10.1 Å². The first-order valence-electron chi connectivity index (χ1n) is 9.95. The third-order valence-corrected chi connectivity index (χ3v) is 6.19. The SMILES string of the molecule is COc1nc(C)cc(CNc2ccc(C(F)(F)F)cc2S(=O)(=O)NCC(n2cncn2)C(F)(F)F)n1. The Morgan fingerprint density at radius 1 is 1.11 bits per heavy atom. The number of anilines is 1. The van der Waals surface area contributed by atoms with Crippen LogP contribution in [0.4, 0.5) is 32.0 Å². The summed E-state index contributed by atoms with van der Waals surface area (Å²) in [5, 5.41) is 6.03. The van der Waals surface area contributed by atoms with Crippen molar-refractivity contribution in [1.82, 2.24) is 29.5 Å². The van der Waals surface area contributed by atoms with Crippen LogP contribution >= 0.6 is 0 Å². The fraction of sp³-hybridized carbons (Fsp3) is 0.368. The highest BCUT2D eigenvalue weighted by atomic mass is 32.2. The zero-order valence-electron chi connectivity index (χ0n) is 18.6. The summed E-state index contributed by atoms with van der Waals surface area (Å²) in [5.41, 5.74) is -0.780. The largest absolute Gasteiger partial charge is 0.467 e. The van der Waals surface area contributed by atoms with Gasteiger partial charge in [-0.25, -0.2) is 27.8 Å². The summed E-state index contributed by atoms with van der Waals surface area (Å²) in [4.78, 5) is 10.5. The standard InChI is InChI=1S/C19H19F6N7O3S/c1-11-5-13(31-17(30-11)35-2)7-27-14-4-3-12(18(20,21)22)6-15(14)36(33,34)29-8-16(19(23,24)25)32-10-26-9-28-32/h3-6,9-10,16,27,29H,7-8H2,1-2H3. The molecule has 1 aromatic carbocycles. The predicted octanol–water partition coefficient (Wildman–Crippen LogP) is 3.10. The van der Waals surface area contributed by atoms with Crippen LogP contribution in [0.2, 0.25) is 0 Å². The number of aromatic nitrogens is 5. The highest BCUT2D eigenvalue weighted by Gasteiger charge is 2.42. The Labute approximate surface area is 200 Å². The Bertz CT molecular complexity index is 1300. The molecule has 2 N–H and O–H groups in total. The van der Waals surface area contributed by atoms with Crippen LogP contribution in [-0.4, -0.2) is 53.0 Å². The minimum Gasteiger partial charge on any atom is -0.467 e. The quantitative estimate of drug-likeness (QED) is 0.398. The van der Waals surface area contributed by atoms with E-state index in [1.165, 1.54) is 13.2 Å². The number of aryl methyl sites for hydroxylation is 1. The van der Waals surface area contributed by atoms with Crippen molar-refractivity contribution in [3.8, 4) is 6.01 Å². The van der Waals surface area contributed by atoms with Crippen LogP contribution in [0.5, 0.6) is 6.01 Å². The number of nitrogens with one attached hydrogen (secondary N) is 2. The van der Waals surface area contributed by atoms with E-state index in [0.29, 0.717) is 28.2 Å². The molecule has 1 unspecified atom stereocenters. The molecule has 0 bridgehead atoms. The number of alkyl halides is 6. The summed E-state index contributed by atoms with van der Waals surface area (Å²) in [6, 6.07) is 0.920. The Morgan fingerprint density at radius 2 is 1.83 bits per heavy atom. The first kappa shape index (κ1) is 27.1. The number of methoxy groups -OCH3 is 1. The molecule has 2 aromatic heterocycles. The van der Waals surface area contributed by atoms with Crippen molar-refractivity contribution in [2.24, 2.45) is 0 Å². The number of ether oxygens (including phenoxy) is 1. The molecule has 3 rings (SSSR count). The zero-order valence-corrected chi connectivity index (χ0v) is 19.4. The molecule has 3 aromatic rings. The van der Waals surface area contributed by atoms with Crippen molar-refractivity contribution in [1.29, 1.82) is 0 Å². The highest BCUT2D eigenvalue weighted by molar-refractivity contribution is 7.89. The first-order valence-corrected chi connectivity index (χ1v) is 11.4. The van der Waals surface area contributed by atoms with E-state index in [9.17, 15) is 34.8 Å². The number of hydrogen-bond donors (Lipinski definition) is 2. The molecular formula is C19H19F6N7O3S. The van der Waals surface area contributed by atoms with E-state index in [1.54, 1.807) is 11.6 Å². The fourth-order valence-electron chi connectivity index (χ4n) is 3.04. The maximum atomic E-state index is 13.5. The Morgan fingerprint density at radius 3 is 2.42 bits per heavy atom. The van der Waals surface area contributed by atoms with Gasteiger partial charge in [-0.2, -0.15) is 36.4 Å². The minimum absolute atomic E-state index is 0.0139. The first-order chi connectivity index (χ1) is 16.7. The molecule has 0 fully saturated rings. The van der Waals surface area contributed by atoms with Crippen molar-refractivity contribution in [3.63, 3.8) is 0 Å². The second kappa shape index (κ2) is 10.3. The monoisotopic (exact) mass is 539 g/mol. The van der Waals surface area contributed by atoms with Crippen LogP contribution in [0, 0.1) is 6.92 Å². The molecule has 0 spiro atoms. The van der Waals surface area contributed by atoms with Gasteiger partial charge in [0, 0.05) is 12.2 Å². The second-order valence-corrected chi connectivity index (χ2v) is 9.07. The third kappa shape index (κ3) is 6.60. The van der Waals surface area contributed by atoms with Gasteiger partial charge in [0.25, 0.3) is 0 Å². The van der Waals surface area contributed by atoms with Crippen molar-refractivity contribution < 1.29 is 39.5 Å². The fourth-order valence-corrected chi connectivity index (χ4v) is 4.29. The molecule has 36 heavy (non-hydrogen) atoms. The molecule has 2 heterocycles. The lowest BCUT2D eigenvalue weighted by molar-refractivity contribution is -0.168. The van der Waals surface area contributed by atoms with Gasteiger partial charge >= 0.3 is 18.4 Å². The van der Waals surface area contributed by atoms with Crippen molar-refractivity contribution in [3.05, 3.63) is 53.9 Å². The van der Waals surface area contributed by atoms with Crippen LogP contribution in [0.3, 0.4) is 0 Å². The van der Waals surface area contributed by atoms with Gasteiger partial charge in [0.05, 0.1) is 30.6 Å². The molecule has 0 aliphatic rings. The predicted molar refractivity (Wildman–Crippen MR) is 112 cm³/mol. The number of hydrogen-bond acceptors (Lipinski definition) is 8. The Kier molecular flexibility index (Phi) is 7.73. The van der Waals surface area contributed by atoms with E-state index in [0.717, 1.165) is 18.7 Å². The van der Waals surface area contributed by atoms with Crippen molar-refractivity contribution in [2.75, 3.05) is 19.0 Å². The lowest BCUT2D eigenvalue weighted by atomic mass is 10.2. The van der Waals surface area contributed by atoms with Gasteiger partial charge in [0.1, 0.15) is 17.6 Å². The molecule has 0 saturated heterocycles. The van der Waals surface area contributed by atoms with Crippen molar-refractivity contribution in [2.45, 2.75) is 36.8 Å². The Balaban J connectivity index is 1.93. The summed E-state index contributed by atoms with van der Waals surface area (Å²) >= 11 is 0. The normalized spacial score (nSPS) is 13.4. The molecule has 10 nitrogen and oxygen atoms in total. The summed E-state index contributed by atoms with van der Waals surface area (Å²) in [6.07, 6.45) is -8.28. The lowest BCUT2D eigenvalue weighted by Gasteiger charge is -2.21. The average Bonchev–Trinajstić information content (AvgIpc) is 3.30. The number of nitrogens with zero attached hydrogens (tertiary/aromatic N) is 5. The van der Waals surface area contributed by atoms with Gasteiger partial charge in [-0.15, -0.1) is 0 Å². The molecule has 0 radical (unpaired) electrons. The molecule has 17 heteroatoms. The summed E-state index contributed by atoms with van der Waals surface area (Å²) in [6.45, 7) is 0.239. The Hall–Kier alpha value is -3.47. The summed E-state index contributed by atoms with van der Waals surface area (Å²) in [5.74, 6) is 0. The van der Waals surface area contributed by atoms with Gasteiger partial charge in [0.15, 0.2) is 6.04 Å². The lowest BCUT2D eigenvalue weighted by Crippen LogP contribution is -2.38. The van der Waals surface area contributed by atoms with Crippen LogP contribution in [0.1, 0.15) is 23.0 Å². The second-order valence-electron chi connectivity index (χ2n) is 7.33. The van der Waals surface area contributed by atoms with E-state index in [2.05, 4.69) is 25.4 Å². The van der Waals surface area contributed by atoms with E-state index in [4.69, 9.17) is 4.74 Å². The summed E-state index contributed by atoms with van der Waals surface area (Å²) in [7, 11) is -3.55. The molecule has 0 amide bonds.